The van der Waals surface area contributed by atoms with E-state index in [-0.39, 0.29) is 6.10 Å². The SMILES string of the molecule is COc1ccc(CNc2nc(F)nc(C)c2N)cc1OC1CCCC1. The van der Waals surface area contributed by atoms with Gasteiger partial charge >= 0.3 is 6.08 Å². The second-order valence-electron chi connectivity index (χ2n) is 6.20. The molecule has 0 bridgehead atoms. The van der Waals surface area contributed by atoms with Gasteiger partial charge in [-0.15, -0.1) is 0 Å². The molecule has 0 radical (unpaired) electrons. The Balaban J connectivity index is 1.74. The van der Waals surface area contributed by atoms with Crippen molar-refractivity contribution in [3.8, 4) is 11.5 Å². The van der Waals surface area contributed by atoms with Gasteiger partial charge in [0.2, 0.25) is 0 Å². The molecule has 1 saturated carbocycles. The number of aryl methyl sites for hydroxylation is 1. The quantitative estimate of drug-likeness (QED) is 0.780. The molecule has 1 aromatic carbocycles. The topological polar surface area (TPSA) is 82.3 Å². The standard InChI is InChI=1S/C18H23FN4O2/c1-11-16(20)17(23-18(19)22-11)21-10-12-7-8-14(24-2)15(9-12)25-13-5-3-4-6-13/h7-9,13H,3-6,10,20H2,1-2H3,(H,21,22,23). The zero-order valence-electron chi connectivity index (χ0n) is 14.5. The molecular formula is C18H23FN4O2. The highest BCUT2D eigenvalue weighted by molar-refractivity contribution is 5.63. The Kier molecular flexibility index (Phi) is 5.21. The number of nitrogens with zero attached hydrogens (tertiary/aromatic N) is 2. The molecule has 1 fully saturated rings. The minimum atomic E-state index is -0.797. The third-order valence-corrected chi connectivity index (χ3v) is 4.39. The molecule has 7 heteroatoms. The highest BCUT2D eigenvalue weighted by Crippen LogP contribution is 2.32. The number of anilines is 2. The average Bonchev–Trinajstić information content (AvgIpc) is 3.10. The third kappa shape index (κ3) is 4.10. The maximum atomic E-state index is 13.4. The van der Waals surface area contributed by atoms with Crippen LogP contribution in [0, 0.1) is 13.0 Å². The molecule has 134 valence electrons. The van der Waals surface area contributed by atoms with Gasteiger partial charge in [-0.05, 0) is 50.3 Å². The summed E-state index contributed by atoms with van der Waals surface area (Å²) in [6, 6.07) is 5.73. The number of nitrogens with one attached hydrogen (secondary N) is 1. The molecule has 25 heavy (non-hydrogen) atoms. The molecule has 0 unspecified atom stereocenters. The van der Waals surface area contributed by atoms with Crippen LogP contribution in [0.2, 0.25) is 0 Å². The van der Waals surface area contributed by atoms with E-state index >= 15 is 0 Å². The summed E-state index contributed by atoms with van der Waals surface area (Å²) in [7, 11) is 1.63. The molecule has 1 aliphatic rings. The van der Waals surface area contributed by atoms with Crippen molar-refractivity contribution in [3.05, 3.63) is 35.5 Å². The summed E-state index contributed by atoms with van der Waals surface area (Å²) in [5, 5.41) is 3.06. The van der Waals surface area contributed by atoms with E-state index < -0.39 is 6.08 Å². The van der Waals surface area contributed by atoms with E-state index in [1.807, 2.05) is 18.2 Å². The fraction of sp³-hybridized carbons (Fsp3) is 0.444. The maximum Gasteiger partial charge on any atom is 0.310 e. The van der Waals surface area contributed by atoms with Gasteiger partial charge in [-0.25, -0.2) is 4.98 Å². The van der Waals surface area contributed by atoms with E-state index in [0.717, 1.165) is 24.2 Å². The van der Waals surface area contributed by atoms with E-state index in [1.54, 1.807) is 14.0 Å². The van der Waals surface area contributed by atoms with Crippen LogP contribution in [0.15, 0.2) is 18.2 Å². The highest BCUT2D eigenvalue weighted by atomic mass is 19.1. The Morgan fingerprint density at radius 1 is 1.24 bits per heavy atom. The van der Waals surface area contributed by atoms with Crippen molar-refractivity contribution in [3.63, 3.8) is 0 Å². The molecular weight excluding hydrogens is 323 g/mol. The number of benzene rings is 1. The number of nitrogens with two attached hydrogens (primary N) is 1. The smallest absolute Gasteiger partial charge is 0.310 e. The summed E-state index contributed by atoms with van der Waals surface area (Å²) in [4.78, 5) is 7.32. The number of ether oxygens (including phenoxy) is 2. The molecule has 3 N–H and O–H groups in total. The summed E-state index contributed by atoms with van der Waals surface area (Å²) in [5.74, 6) is 1.73. The van der Waals surface area contributed by atoms with Gasteiger partial charge in [0.1, 0.15) is 0 Å². The van der Waals surface area contributed by atoms with Gasteiger partial charge in [-0.3, -0.25) is 0 Å². The van der Waals surface area contributed by atoms with Crippen LogP contribution in [0.3, 0.4) is 0 Å². The van der Waals surface area contributed by atoms with E-state index in [4.69, 9.17) is 15.2 Å². The van der Waals surface area contributed by atoms with Gasteiger partial charge in [0.15, 0.2) is 17.3 Å². The monoisotopic (exact) mass is 346 g/mol. The Bertz CT molecular complexity index is 748. The van der Waals surface area contributed by atoms with Crippen LogP contribution in [-0.2, 0) is 6.54 Å². The van der Waals surface area contributed by atoms with Crippen LogP contribution in [0.25, 0.3) is 0 Å². The second-order valence-corrected chi connectivity index (χ2v) is 6.20. The first-order valence-electron chi connectivity index (χ1n) is 8.44. The van der Waals surface area contributed by atoms with Crippen LogP contribution in [0.4, 0.5) is 15.9 Å². The molecule has 3 rings (SSSR count). The predicted molar refractivity (Wildman–Crippen MR) is 94.3 cm³/mol. The van der Waals surface area contributed by atoms with Crippen molar-refractivity contribution in [2.45, 2.75) is 45.3 Å². The van der Waals surface area contributed by atoms with E-state index in [0.29, 0.717) is 29.5 Å². The Hall–Kier alpha value is -2.57. The lowest BCUT2D eigenvalue weighted by atomic mass is 10.2. The van der Waals surface area contributed by atoms with Crippen LogP contribution < -0.4 is 20.5 Å². The van der Waals surface area contributed by atoms with Gasteiger partial charge < -0.3 is 20.5 Å². The van der Waals surface area contributed by atoms with Gasteiger partial charge in [-0.2, -0.15) is 9.37 Å². The molecule has 0 amide bonds. The molecule has 6 nitrogen and oxygen atoms in total. The first-order chi connectivity index (χ1) is 12.1. The van der Waals surface area contributed by atoms with Crippen molar-refractivity contribution in [2.24, 2.45) is 0 Å². The molecule has 0 atom stereocenters. The second kappa shape index (κ2) is 7.55. The lowest BCUT2D eigenvalue weighted by Gasteiger charge is -2.17. The molecule has 1 aromatic heterocycles. The van der Waals surface area contributed by atoms with Crippen molar-refractivity contribution in [1.82, 2.24) is 9.97 Å². The summed E-state index contributed by atoms with van der Waals surface area (Å²) < 4.78 is 24.8. The Labute approximate surface area is 146 Å². The fourth-order valence-electron chi connectivity index (χ4n) is 2.98. The lowest BCUT2D eigenvalue weighted by Crippen LogP contribution is -2.12. The first kappa shape index (κ1) is 17.3. The average molecular weight is 346 g/mol. The highest BCUT2D eigenvalue weighted by Gasteiger charge is 2.18. The minimum Gasteiger partial charge on any atom is -0.493 e. The summed E-state index contributed by atoms with van der Waals surface area (Å²) in [6.07, 6.45) is 3.99. The molecule has 1 aliphatic carbocycles. The van der Waals surface area contributed by atoms with Gasteiger partial charge in [0.25, 0.3) is 0 Å². The first-order valence-corrected chi connectivity index (χ1v) is 8.44. The van der Waals surface area contributed by atoms with Crippen molar-refractivity contribution < 1.29 is 13.9 Å². The zero-order valence-corrected chi connectivity index (χ0v) is 14.5. The van der Waals surface area contributed by atoms with Crippen molar-refractivity contribution >= 4 is 11.5 Å². The number of hydrogen-bond donors (Lipinski definition) is 2. The van der Waals surface area contributed by atoms with E-state index in [2.05, 4.69) is 15.3 Å². The molecule has 2 aromatic rings. The summed E-state index contributed by atoms with van der Waals surface area (Å²) >= 11 is 0. The normalized spacial score (nSPS) is 14.5. The molecule has 1 heterocycles. The van der Waals surface area contributed by atoms with Gasteiger partial charge in [-0.1, -0.05) is 6.07 Å². The zero-order chi connectivity index (χ0) is 17.8. The van der Waals surface area contributed by atoms with Crippen LogP contribution in [0.1, 0.15) is 36.9 Å². The number of nitrogen functional groups attached to an aromatic ring is 1. The maximum absolute atomic E-state index is 13.4. The summed E-state index contributed by atoms with van der Waals surface area (Å²) in [5.41, 5.74) is 7.62. The molecule has 0 saturated heterocycles. The lowest BCUT2D eigenvalue weighted by molar-refractivity contribution is 0.200. The third-order valence-electron chi connectivity index (χ3n) is 4.39. The van der Waals surface area contributed by atoms with Gasteiger partial charge in [0.05, 0.1) is 24.6 Å². The fourth-order valence-corrected chi connectivity index (χ4v) is 2.98. The number of hydrogen-bond acceptors (Lipinski definition) is 6. The minimum absolute atomic E-state index is 0.242. The van der Waals surface area contributed by atoms with E-state index in [9.17, 15) is 4.39 Å². The van der Waals surface area contributed by atoms with Crippen LogP contribution in [0.5, 0.6) is 11.5 Å². The van der Waals surface area contributed by atoms with E-state index in [1.165, 1.54) is 12.8 Å². The predicted octanol–water partition coefficient (Wildman–Crippen LogP) is 3.45. The van der Waals surface area contributed by atoms with Crippen LogP contribution >= 0.6 is 0 Å². The number of methoxy groups -OCH3 is 1. The Morgan fingerprint density at radius 3 is 2.72 bits per heavy atom. The Morgan fingerprint density at radius 2 is 2.00 bits per heavy atom. The van der Waals surface area contributed by atoms with Crippen LogP contribution in [-0.4, -0.2) is 23.2 Å². The molecule has 0 spiro atoms. The van der Waals surface area contributed by atoms with Crippen molar-refractivity contribution in [1.29, 1.82) is 0 Å². The number of aromatic nitrogens is 2. The largest absolute Gasteiger partial charge is 0.493 e. The van der Waals surface area contributed by atoms with Gasteiger partial charge in [0, 0.05) is 6.54 Å². The number of halogens is 1. The summed E-state index contributed by atoms with van der Waals surface area (Å²) in [6.45, 7) is 2.08. The van der Waals surface area contributed by atoms with Crippen molar-refractivity contribution in [2.75, 3.05) is 18.2 Å². The molecule has 0 aliphatic heterocycles. The number of rotatable bonds is 6.